The minimum Gasteiger partial charge on any atom is -0.479 e. The van der Waals surface area contributed by atoms with Gasteiger partial charge in [0.2, 0.25) is 11.3 Å². The van der Waals surface area contributed by atoms with Crippen molar-refractivity contribution in [1.82, 2.24) is 4.90 Å². The van der Waals surface area contributed by atoms with Gasteiger partial charge in [0.25, 0.3) is 5.67 Å². The molecule has 1 N–H and O–H groups in total. The largest absolute Gasteiger partial charge is 0.479 e. The third-order valence-electron chi connectivity index (χ3n) is 3.42. The topological polar surface area (TPSA) is 66.8 Å². The molecule has 0 aromatic carbocycles. The average molecular weight is 281 g/mol. The van der Waals surface area contributed by atoms with E-state index in [4.69, 9.17) is 9.84 Å². The Balaban J connectivity index is 2.13. The van der Waals surface area contributed by atoms with Gasteiger partial charge < -0.3 is 14.7 Å². The number of carboxylic acids is 1. The highest BCUT2D eigenvalue weighted by molar-refractivity contribution is 5.90. The molecule has 3 atom stereocenters. The molecule has 2 aliphatic rings. The Bertz CT molecular complexity index is 445. The Morgan fingerprint density at radius 3 is 1.89 bits per heavy atom. The van der Waals surface area contributed by atoms with Crippen LogP contribution in [0.1, 0.15) is 20.8 Å². The second kappa shape index (κ2) is 3.34. The van der Waals surface area contributed by atoms with Crippen molar-refractivity contribution in [2.75, 3.05) is 13.1 Å². The molecule has 1 saturated carbocycles. The lowest BCUT2D eigenvalue weighted by Crippen LogP contribution is -2.45. The summed E-state index contributed by atoms with van der Waals surface area (Å²) in [6, 6.07) is 0. The molecule has 1 amide bonds. The van der Waals surface area contributed by atoms with Crippen LogP contribution in [-0.4, -0.2) is 57.8 Å². The zero-order chi connectivity index (χ0) is 14.9. The van der Waals surface area contributed by atoms with Crippen LogP contribution in [0.3, 0.4) is 0 Å². The van der Waals surface area contributed by atoms with Gasteiger partial charge in [-0.15, -0.1) is 0 Å². The van der Waals surface area contributed by atoms with Crippen molar-refractivity contribution in [2.24, 2.45) is 0 Å². The summed E-state index contributed by atoms with van der Waals surface area (Å²) >= 11 is 0. The van der Waals surface area contributed by atoms with Crippen LogP contribution in [0.15, 0.2) is 0 Å². The number of aliphatic carboxylic acids is 1. The van der Waals surface area contributed by atoms with Gasteiger partial charge in [0.05, 0.1) is 13.1 Å². The predicted octanol–water partition coefficient (Wildman–Crippen LogP) is 1.46. The van der Waals surface area contributed by atoms with E-state index in [0.717, 1.165) is 0 Å². The van der Waals surface area contributed by atoms with Gasteiger partial charge >= 0.3 is 12.1 Å². The Hall–Kier alpha value is -1.47. The first-order valence-electron chi connectivity index (χ1n) is 5.67. The predicted molar refractivity (Wildman–Crippen MR) is 57.0 cm³/mol. The van der Waals surface area contributed by atoms with E-state index in [1.807, 2.05) is 0 Å². The van der Waals surface area contributed by atoms with Crippen LogP contribution >= 0.6 is 0 Å². The van der Waals surface area contributed by atoms with Crippen molar-refractivity contribution >= 4 is 12.1 Å². The van der Waals surface area contributed by atoms with Crippen LogP contribution in [-0.2, 0) is 9.53 Å². The number of alkyl halides is 3. The number of ether oxygens (including phenoxy) is 1. The number of amides is 1. The molecule has 0 aromatic rings. The molecule has 1 saturated heterocycles. The van der Waals surface area contributed by atoms with E-state index in [9.17, 15) is 22.8 Å². The van der Waals surface area contributed by atoms with E-state index in [0.29, 0.717) is 4.90 Å². The van der Waals surface area contributed by atoms with Crippen LogP contribution in [0, 0.1) is 0 Å². The van der Waals surface area contributed by atoms with Gasteiger partial charge in [-0.25, -0.2) is 22.8 Å². The number of rotatable bonds is 1. The zero-order valence-corrected chi connectivity index (χ0v) is 10.7. The molecule has 0 bridgehead atoms. The molecular weight excluding hydrogens is 267 g/mol. The van der Waals surface area contributed by atoms with E-state index in [1.54, 1.807) is 20.8 Å². The number of piperidine rings is 1. The average Bonchev–Trinajstić information content (AvgIpc) is 2.49. The number of carboxylic acid groups (broad SMARTS) is 1. The number of halogens is 3. The fourth-order valence-corrected chi connectivity index (χ4v) is 2.42. The van der Waals surface area contributed by atoms with Crippen LogP contribution in [0.2, 0.25) is 0 Å². The van der Waals surface area contributed by atoms with Crippen molar-refractivity contribution in [3.8, 4) is 0 Å². The maximum atomic E-state index is 14.0. The normalized spacial score (nSPS) is 40.8. The maximum Gasteiger partial charge on any atom is 0.410 e. The molecule has 5 nitrogen and oxygen atoms in total. The van der Waals surface area contributed by atoms with Crippen LogP contribution in [0.5, 0.6) is 0 Å². The highest BCUT2D eigenvalue weighted by Gasteiger charge is 3.00. The van der Waals surface area contributed by atoms with Crippen LogP contribution in [0.25, 0.3) is 0 Å². The summed E-state index contributed by atoms with van der Waals surface area (Å²) in [6.07, 6.45) is -0.999. The van der Waals surface area contributed by atoms with E-state index in [1.165, 1.54) is 0 Å². The van der Waals surface area contributed by atoms with Crippen molar-refractivity contribution in [2.45, 2.75) is 43.4 Å². The number of likely N-dealkylation sites (tertiary alicyclic amines) is 1. The number of carbonyl (C=O) groups is 2. The second-order valence-electron chi connectivity index (χ2n) is 5.90. The molecule has 0 spiro atoms. The first-order chi connectivity index (χ1) is 8.39. The molecular formula is C11H14F3NO4. The first kappa shape index (κ1) is 14.0. The summed E-state index contributed by atoms with van der Waals surface area (Å²) in [7, 11) is 0. The molecule has 8 heteroatoms. The number of fused-ring (bicyclic) bond motifs is 1. The van der Waals surface area contributed by atoms with Gasteiger partial charge in [0.15, 0.2) is 0 Å². The SMILES string of the molecule is CC(C)(C)OC(=O)N1C[C@@]2(F)C(F)(C(=O)O)[C@@]2(F)C1. The fourth-order valence-electron chi connectivity index (χ4n) is 2.42. The molecule has 1 aliphatic heterocycles. The number of hydrogen-bond donors (Lipinski definition) is 1. The van der Waals surface area contributed by atoms with Gasteiger partial charge in [-0.1, -0.05) is 0 Å². The second-order valence-corrected chi connectivity index (χ2v) is 5.90. The lowest BCUT2D eigenvalue weighted by molar-refractivity contribution is -0.149. The van der Waals surface area contributed by atoms with E-state index in [2.05, 4.69) is 0 Å². The van der Waals surface area contributed by atoms with Crippen molar-refractivity contribution in [3.63, 3.8) is 0 Å². The molecule has 1 heterocycles. The number of nitrogens with zero attached hydrogens (tertiary/aromatic N) is 1. The molecule has 1 unspecified atom stereocenters. The summed E-state index contributed by atoms with van der Waals surface area (Å²) in [6.45, 7) is 2.75. The van der Waals surface area contributed by atoms with Crippen LogP contribution in [0.4, 0.5) is 18.0 Å². The standard InChI is InChI=1S/C11H14F3NO4/c1-8(2,3)19-7(18)15-4-9(12)10(13,5-15)11(9,14)6(16)17/h4-5H2,1-3H3,(H,16,17)/t9-,10+,11?. The molecule has 108 valence electrons. The minimum atomic E-state index is -3.58. The number of hydrogen-bond acceptors (Lipinski definition) is 3. The summed E-state index contributed by atoms with van der Waals surface area (Å²) < 4.78 is 46.7. The molecule has 19 heavy (non-hydrogen) atoms. The lowest BCUT2D eigenvalue weighted by atomic mass is 10.2. The summed E-state index contributed by atoms with van der Waals surface area (Å²) in [5.74, 6) is -2.19. The molecule has 0 radical (unpaired) electrons. The highest BCUT2D eigenvalue weighted by Crippen LogP contribution is 2.69. The third kappa shape index (κ3) is 1.48. The van der Waals surface area contributed by atoms with Crippen molar-refractivity contribution in [3.05, 3.63) is 0 Å². The quantitative estimate of drug-likeness (QED) is 0.790. The Labute approximate surface area is 107 Å². The Morgan fingerprint density at radius 2 is 1.58 bits per heavy atom. The lowest BCUT2D eigenvalue weighted by Gasteiger charge is -2.26. The van der Waals surface area contributed by atoms with Gasteiger partial charge in [-0.05, 0) is 20.8 Å². The maximum absolute atomic E-state index is 14.0. The highest BCUT2D eigenvalue weighted by atomic mass is 19.2. The third-order valence-corrected chi connectivity index (χ3v) is 3.42. The first-order valence-corrected chi connectivity index (χ1v) is 5.67. The van der Waals surface area contributed by atoms with E-state index >= 15 is 0 Å². The van der Waals surface area contributed by atoms with Crippen molar-refractivity contribution < 1.29 is 32.6 Å². The van der Waals surface area contributed by atoms with Gasteiger partial charge in [-0.3, -0.25) is 0 Å². The van der Waals surface area contributed by atoms with Gasteiger partial charge in [0, 0.05) is 0 Å². The number of carbonyl (C=O) groups excluding carboxylic acids is 1. The molecule has 1 aliphatic carbocycles. The Morgan fingerprint density at radius 1 is 1.16 bits per heavy atom. The fraction of sp³-hybridized carbons (Fsp3) is 0.818. The zero-order valence-electron chi connectivity index (χ0n) is 10.7. The van der Waals surface area contributed by atoms with E-state index < -0.39 is 47.8 Å². The summed E-state index contributed by atoms with van der Waals surface area (Å²) in [5.41, 5.74) is -10.9. The van der Waals surface area contributed by atoms with E-state index in [-0.39, 0.29) is 0 Å². The smallest absolute Gasteiger partial charge is 0.410 e. The van der Waals surface area contributed by atoms with Gasteiger partial charge in [-0.2, -0.15) is 0 Å². The van der Waals surface area contributed by atoms with Crippen molar-refractivity contribution in [1.29, 1.82) is 0 Å². The van der Waals surface area contributed by atoms with Gasteiger partial charge in [0.1, 0.15) is 5.60 Å². The Kier molecular flexibility index (Phi) is 2.45. The molecule has 2 rings (SSSR count). The van der Waals surface area contributed by atoms with Crippen LogP contribution < -0.4 is 0 Å². The molecule has 0 aromatic heterocycles. The minimum absolute atomic E-state index is 0.645. The summed E-state index contributed by atoms with van der Waals surface area (Å²) in [4.78, 5) is 22.9. The molecule has 2 fully saturated rings. The summed E-state index contributed by atoms with van der Waals surface area (Å²) in [5, 5.41) is 8.57. The monoisotopic (exact) mass is 281 g/mol.